The van der Waals surface area contributed by atoms with Crippen LogP contribution in [0.2, 0.25) is 10.0 Å². The highest BCUT2D eigenvalue weighted by molar-refractivity contribution is 9.10. The van der Waals surface area contributed by atoms with Gasteiger partial charge in [0, 0.05) is 32.8 Å². The van der Waals surface area contributed by atoms with Crippen LogP contribution in [0.5, 0.6) is 0 Å². The first-order valence-electron chi connectivity index (χ1n) is 5.54. The Morgan fingerprint density at radius 2 is 2.05 bits per heavy atom. The van der Waals surface area contributed by atoms with Gasteiger partial charge in [0.25, 0.3) is 0 Å². The fourth-order valence-corrected chi connectivity index (χ4v) is 2.33. The molecule has 2 rings (SSSR count). The van der Waals surface area contributed by atoms with Crippen molar-refractivity contribution in [3.05, 3.63) is 56.6 Å². The normalized spacial score (nSPS) is 12.2. The van der Waals surface area contributed by atoms with Crippen molar-refractivity contribution in [2.75, 3.05) is 11.9 Å². The zero-order valence-electron chi connectivity index (χ0n) is 9.78. The van der Waals surface area contributed by atoms with Gasteiger partial charge in [0.2, 0.25) is 0 Å². The third-order valence-electron chi connectivity index (χ3n) is 2.53. The predicted molar refractivity (Wildman–Crippen MR) is 81.8 cm³/mol. The molecule has 0 amide bonds. The molecule has 19 heavy (non-hydrogen) atoms. The smallest absolute Gasteiger partial charge is 0.126 e. The van der Waals surface area contributed by atoms with Gasteiger partial charge in [-0.2, -0.15) is 0 Å². The summed E-state index contributed by atoms with van der Waals surface area (Å²) >= 11 is 15.2. The Morgan fingerprint density at radius 1 is 1.26 bits per heavy atom. The second-order valence-corrected chi connectivity index (χ2v) is 5.68. The second kappa shape index (κ2) is 6.57. The molecular weight excluding hydrogens is 351 g/mol. The Morgan fingerprint density at radius 3 is 2.68 bits per heavy atom. The van der Waals surface area contributed by atoms with Crippen LogP contribution < -0.4 is 5.32 Å². The molecule has 0 aliphatic carbocycles. The second-order valence-electron chi connectivity index (χ2n) is 3.92. The van der Waals surface area contributed by atoms with Crippen LogP contribution in [0.3, 0.4) is 0 Å². The molecule has 0 saturated carbocycles. The van der Waals surface area contributed by atoms with Crippen LogP contribution in [0, 0.1) is 0 Å². The first kappa shape index (κ1) is 14.6. The van der Waals surface area contributed by atoms with E-state index in [-0.39, 0.29) is 0 Å². The zero-order valence-corrected chi connectivity index (χ0v) is 12.9. The van der Waals surface area contributed by atoms with E-state index in [1.54, 1.807) is 24.4 Å². The number of halogens is 3. The van der Waals surface area contributed by atoms with Gasteiger partial charge in [-0.25, -0.2) is 4.98 Å². The van der Waals surface area contributed by atoms with E-state index in [0.717, 1.165) is 4.47 Å². The highest BCUT2D eigenvalue weighted by Gasteiger charge is 2.11. The lowest BCUT2D eigenvalue weighted by atomic mass is 10.1. The van der Waals surface area contributed by atoms with E-state index in [2.05, 4.69) is 26.2 Å². The molecule has 2 N–H and O–H groups in total. The van der Waals surface area contributed by atoms with E-state index in [9.17, 15) is 5.11 Å². The van der Waals surface area contributed by atoms with Crippen LogP contribution in [0.15, 0.2) is 41.0 Å². The third-order valence-corrected chi connectivity index (χ3v) is 3.56. The van der Waals surface area contributed by atoms with Crippen molar-refractivity contribution in [2.24, 2.45) is 0 Å². The lowest BCUT2D eigenvalue weighted by Gasteiger charge is -2.14. The number of aliphatic hydroxyl groups excluding tert-OH is 1. The summed E-state index contributed by atoms with van der Waals surface area (Å²) in [5.74, 6) is 0.687. The quantitative estimate of drug-likeness (QED) is 0.853. The third kappa shape index (κ3) is 4.08. The number of pyridine rings is 1. The standard InChI is InChI=1S/C13H11BrCl2N2O/c14-8-1-4-13(17-6-8)18-7-12(19)10-3-2-9(15)5-11(10)16/h1-6,12,19H,7H2,(H,17,18). The lowest BCUT2D eigenvalue weighted by Crippen LogP contribution is -2.13. The number of nitrogens with zero attached hydrogens (tertiary/aromatic N) is 1. The maximum atomic E-state index is 10.1. The SMILES string of the molecule is OC(CNc1ccc(Br)cn1)c1ccc(Cl)cc1Cl. The van der Waals surface area contributed by atoms with Gasteiger partial charge in [0.05, 0.1) is 6.10 Å². The minimum atomic E-state index is -0.727. The topological polar surface area (TPSA) is 45.1 Å². The highest BCUT2D eigenvalue weighted by Crippen LogP contribution is 2.26. The average Bonchev–Trinajstić information content (AvgIpc) is 2.37. The first-order valence-corrected chi connectivity index (χ1v) is 7.09. The summed E-state index contributed by atoms with van der Waals surface area (Å²) in [4.78, 5) is 4.16. The Hall–Kier alpha value is -0.810. The summed E-state index contributed by atoms with van der Waals surface area (Å²) < 4.78 is 0.902. The molecule has 1 heterocycles. The molecule has 6 heteroatoms. The van der Waals surface area contributed by atoms with E-state index in [0.29, 0.717) is 28.0 Å². The van der Waals surface area contributed by atoms with Crippen LogP contribution in [-0.2, 0) is 0 Å². The summed E-state index contributed by atoms with van der Waals surface area (Å²) in [6, 6.07) is 8.71. The maximum Gasteiger partial charge on any atom is 0.126 e. The first-order chi connectivity index (χ1) is 9.06. The maximum absolute atomic E-state index is 10.1. The predicted octanol–water partition coefficient (Wildman–Crippen LogP) is 4.30. The molecule has 2 aromatic rings. The van der Waals surface area contributed by atoms with Gasteiger partial charge >= 0.3 is 0 Å². The van der Waals surface area contributed by atoms with Crippen molar-refractivity contribution in [3.63, 3.8) is 0 Å². The number of aliphatic hydroxyl groups is 1. The van der Waals surface area contributed by atoms with E-state index >= 15 is 0 Å². The van der Waals surface area contributed by atoms with Gasteiger partial charge in [0.15, 0.2) is 0 Å². The number of anilines is 1. The summed E-state index contributed by atoms with van der Waals surface area (Å²) in [7, 11) is 0. The minimum Gasteiger partial charge on any atom is -0.387 e. The summed E-state index contributed by atoms with van der Waals surface area (Å²) in [5, 5.41) is 14.1. The van der Waals surface area contributed by atoms with Crippen LogP contribution in [0.25, 0.3) is 0 Å². The number of rotatable bonds is 4. The van der Waals surface area contributed by atoms with Gasteiger partial charge in [-0.1, -0.05) is 29.3 Å². The fourth-order valence-electron chi connectivity index (χ4n) is 1.56. The molecule has 0 aliphatic rings. The molecule has 0 fully saturated rings. The molecule has 3 nitrogen and oxygen atoms in total. The molecule has 0 spiro atoms. The van der Waals surface area contributed by atoms with Crippen molar-refractivity contribution in [2.45, 2.75) is 6.10 Å². The van der Waals surface area contributed by atoms with Crippen LogP contribution in [-0.4, -0.2) is 16.6 Å². The van der Waals surface area contributed by atoms with Crippen molar-refractivity contribution >= 4 is 44.9 Å². The number of benzene rings is 1. The molecule has 1 aromatic heterocycles. The van der Waals surface area contributed by atoms with Crippen molar-refractivity contribution in [3.8, 4) is 0 Å². The van der Waals surface area contributed by atoms with Gasteiger partial charge in [-0.05, 0) is 40.2 Å². The van der Waals surface area contributed by atoms with Gasteiger partial charge in [-0.15, -0.1) is 0 Å². The average molecular weight is 362 g/mol. The monoisotopic (exact) mass is 360 g/mol. The Bertz CT molecular complexity index is 563. The lowest BCUT2D eigenvalue weighted by molar-refractivity contribution is 0.191. The summed E-state index contributed by atoms with van der Waals surface area (Å²) in [5.41, 5.74) is 0.635. The molecule has 0 aliphatic heterocycles. The van der Waals surface area contributed by atoms with E-state index < -0.39 is 6.10 Å². The zero-order chi connectivity index (χ0) is 13.8. The van der Waals surface area contributed by atoms with Crippen molar-refractivity contribution < 1.29 is 5.11 Å². The molecule has 1 aromatic carbocycles. The minimum absolute atomic E-state index is 0.315. The van der Waals surface area contributed by atoms with E-state index in [1.165, 1.54) is 0 Å². The van der Waals surface area contributed by atoms with Crippen molar-refractivity contribution in [1.29, 1.82) is 0 Å². The van der Waals surface area contributed by atoms with Crippen molar-refractivity contribution in [1.82, 2.24) is 4.98 Å². The molecule has 100 valence electrons. The summed E-state index contributed by atoms with van der Waals surface area (Å²) in [6.45, 7) is 0.315. The Kier molecular flexibility index (Phi) is 5.05. The molecule has 1 unspecified atom stereocenters. The Balaban J connectivity index is 2.01. The van der Waals surface area contributed by atoms with E-state index in [1.807, 2.05) is 12.1 Å². The summed E-state index contributed by atoms with van der Waals surface area (Å²) in [6.07, 6.45) is 0.958. The van der Waals surface area contributed by atoms with E-state index in [4.69, 9.17) is 23.2 Å². The van der Waals surface area contributed by atoms with Crippen LogP contribution in [0.1, 0.15) is 11.7 Å². The largest absolute Gasteiger partial charge is 0.387 e. The van der Waals surface area contributed by atoms with Crippen LogP contribution in [0.4, 0.5) is 5.82 Å². The molecule has 0 bridgehead atoms. The molecule has 0 radical (unpaired) electrons. The highest BCUT2D eigenvalue weighted by atomic mass is 79.9. The number of hydrogen-bond donors (Lipinski definition) is 2. The number of hydrogen-bond acceptors (Lipinski definition) is 3. The van der Waals surface area contributed by atoms with Gasteiger partial charge in [-0.3, -0.25) is 0 Å². The molecule has 0 saturated heterocycles. The fraction of sp³-hybridized carbons (Fsp3) is 0.154. The number of aromatic nitrogens is 1. The molecular formula is C13H11BrCl2N2O. The molecule has 1 atom stereocenters. The van der Waals surface area contributed by atoms with Gasteiger partial charge in [0.1, 0.15) is 5.82 Å². The van der Waals surface area contributed by atoms with Crippen LogP contribution >= 0.6 is 39.1 Å². The number of nitrogens with one attached hydrogen (secondary N) is 1. The Labute approximate surface area is 129 Å². The van der Waals surface area contributed by atoms with Gasteiger partial charge < -0.3 is 10.4 Å².